The number of carbonyl (C=O) groups is 1. The molecule has 0 radical (unpaired) electrons. The lowest BCUT2D eigenvalue weighted by molar-refractivity contribution is -0.121. The van der Waals surface area contributed by atoms with Crippen LogP contribution in [0.2, 0.25) is 0 Å². The summed E-state index contributed by atoms with van der Waals surface area (Å²) in [5.41, 5.74) is 2.02. The van der Waals surface area contributed by atoms with Gasteiger partial charge in [0.25, 0.3) is 0 Å². The van der Waals surface area contributed by atoms with Gasteiger partial charge in [0.2, 0.25) is 5.91 Å². The van der Waals surface area contributed by atoms with Crippen molar-refractivity contribution in [3.8, 4) is 0 Å². The molecule has 0 bridgehead atoms. The normalized spacial score (nSPS) is 10.9. The first kappa shape index (κ1) is 13.7. The molecule has 0 aliphatic carbocycles. The average molecular weight is 235 g/mol. The van der Waals surface area contributed by atoms with Gasteiger partial charge >= 0.3 is 0 Å². The highest BCUT2D eigenvalue weighted by molar-refractivity contribution is 5.92. The van der Waals surface area contributed by atoms with E-state index >= 15 is 0 Å². The summed E-state index contributed by atoms with van der Waals surface area (Å²) < 4.78 is 5.26. The first-order valence-corrected chi connectivity index (χ1v) is 6.01. The van der Waals surface area contributed by atoms with Gasteiger partial charge in [-0.25, -0.2) is 0 Å². The highest BCUT2D eigenvalue weighted by Gasteiger charge is 2.09. The first-order valence-electron chi connectivity index (χ1n) is 6.01. The van der Waals surface area contributed by atoms with Gasteiger partial charge in [-0.1, -0.05) is 32.0 Å². The number of amides is 1. The standard InChI is InChI=1S/C14H21NO2/c1-10(2)12-7-5-6-8-13(12)15-14(16)9-17-11(3)4/h5-8,10-11H,9H2,1-4H3,(H,15,16). The number of hydrogen-bond donors (Lipinski definition) is 1. The van der Waals surface area contributed by atoms with Gasteiger partial charge < -0.3 is 10.1 Å². The second-order valence-electron chi connectivity index (χ2n) is 4.65. The fraction of sp³-hybridized carbons (Fsp3) is 0.500. The minimum atomic E-state index is -0.105. The van der Waals surface area contributed by atoms with E-state index in [1.807, 2.05) is 38.1 Å². The summed E-state index contributed by atoms with van der Waals surface area (Å²) in [6.07, 6.45) is 0.0705. The van der Waals surface area contributed by atoms with Gasteiger partial charge in [-0.2, -0.15) is 0 Å². The van der Waals surface area contributed by atoms with Gasteiger partial charge in [0.1, 0.15) is 6.61 Å². The second kappa shape index (κ2) is 6.40. The molecule has 0 aromatic heterocycles. The number of benzene rings is 1. The summed E-state index contributed by atoms with van der Waals surface area (Å²) in [6.45, 7) is 8.14. The smallest absolute Gasteiger partial charge is 0.250 e. The van der Waals surface area contributed by atoms with Crippen LogP contribution in [0.1, 0.15) is 39.2 Å². The minimum absolute atomic E-state index is 0.0705. The molecule has 1 amide bonds. The summed E-state index contributed by atoms with van der Waals surface area (Å²) in [5.74, 6) is 0.282. The van der Waals surface area contributed by atoms with Crippen molar-refractivity contribution in [2.45, 2.75) is 39.7 Å². The molecule has 0 fully saturated rings. The zero-order chi connectivity index (χ0) is 12.8. The summed E-state index contributed by atoms with van der Waals surface area (Å²) in [6, 6.07) is 7.85. The molecular formula is C14H21NO2. The lowest BCUT2D eigenvalue weighted by Crippen LogP contribution is -2.21. The van der Waals surface area contributed by atoms with Gasteiger partial charge in [0, 0.05) is 5.69 Å². The molecule has 0 aliphatic heterocycles. The lowest BCUT2D eigenvalue weighted by Gasteiger charge is -2.14. The van der Waals surface area contributed by atoms with E-state index < -0.39 is 0 Å². The number of anilines is 1. The largest absolute Gasteiger partial charge is 0.369 e. The number of carbonyl (C=O) groups excluding carboxylic acids is 1. The van der Waals surface area contributed by atoms with E-state index in [0.29, 0.717) is 5.92 Å². The van der Waals surface area contributed by atoms with Crippen molar-refractivity contribution in [3.05, 3.63) is 29.8 Å². The van der Waals surface area contributed by atoms with Crippen molar-refractivity contribution in [1.82, 2.24) is 0 Å². The fourth-order valence-electron chi connectivity index (χ4n) is 1.54. The Labute approximate surface area is 103 Å². The molecule has 3 heteroatoms. The van der Waals surface area contributed by atoms with Crippen molar-refractivity contribution >= 4 is 11.6 Å². The molecule has 94 valence electrons. The molecule has 1 N–H and O–H groups in total. The Morgan fingerprint density at radius 2 is 1.88 bits per heavy atom. The second-order valence-corrected chi connectivity index (χ2v) is 4.65. The van der Waals surface area contributed by atoms with Gasteiger partial charge in [-0.15, -0.1) is 0 Å². The first-order chi connectivity index (χ1) is 8.00. The molecule has 0 unspecified atom stereocenters. The van der Waals surface area contributed by atoms with Crippen LogP contribution in [0, 0.1) is 0 Å². The molecule has 17 heavy (non-hydrogen) atoms. The molecule has 0 saturated carbocycles. The van der Waals surface area contributed by atoms with E-state index in [0.717, 1.165) is 11.3 Å². The van der Waals surface area contributed by atoms with E-state index in [1.54, 1.807) is 0 Å². The van der Waals surface area contributed by atoms with Crippen molar-refractivity contribution in [2.24, 2.45) is 0 Å². The predicted molar refractivity (Wildman–Crippen MR) is 70.2 cm³/mol. The zero-order valence-corrected chi connectivity index (χ0v) is 11.0. The van der Waals surface area contributed by atoms with E-state index in [1.165, 1.54) is 0 Å². The Kier molecular flexibility index (Phi) is 5.16. The van der Waals surface area contributed by atoms with Crippen molar-refractivity contribution in [2.75, 3.05) is 11.9 Å². The van der Waals surface area contributed by atoms with Crippen LogP contribution in [0.25, 0.3) is 0 Å². The van der Waals surface area contributed by atoms with Crippen LogP contribution in [0.5, 0.6) is 0 Å². The Balaban J connectivity index is 2.65. The molecular weight excluding hydrogens is 214 g/mol. The number of hydrogen-bond acceptors (Lipinski definition) is 2. The van der Waals surface area contributed by atoms with Crippen LogP contribution in [0.4, 0.5) is 5.69 Å². The maximum atomic E-state index is 11.7. The maximum Gasteiger partial charge on any atom is 0.250 e. The summed E-state index contributed by atoms with van der Waals surface area (Å²) in [5, 5.41) is 2.88. The van der Waals surface area contributed by atoms with Crippen LogP contribution < -0.4 is 5.32 Å². The molecule has 0 spiro atoms. The Hall–Kier alpha value is -1.35. The summed E-state index contributed by atoms with van der Waals surface area (Å²) in [4.78, 5) is 11.7. The molecule has 1 aromatic rings. The molecule has 0 aliphatic rings. The van der Waals surface area contributed by atoms with E-state index in [-0.39, 0.29) is 18.6 Å². The van der Waals surface area contributed by atoms with Crippen LogP contribution in [-0.4, -0.2) is 18.6 Å². The van der Waals surface area contributed by atoms with Crippen LogP contribution in [-0.2, 0) is 9.53 Å². The lowest BCUT2D eigenvalue weighted by atomic mass is 10.0. The number of rotatable bonds is 5. The number of para-hydroxylation sites is 1. The highest BCUT2D eigenvalue weighted by Crippen LogP contribution is 2.23. The number of nitrogens with one attached hydrogen (secondary N) is 1. The monoisotopic (exact) mass is 235 g/mol. The van der Waals surface area contributed by atoms with Gasteiger partial charge in [-0.05, 0) is 31.4 Å². The van der Waals surface area contributed by atoms with Crippen LogP contribution >= 0.6 is 0 Å². The minimum Gasteiger partial charge on any atom is -0.369 e. The molecule has 0 atom stereocenters. The van der Waals surface area contributed by atoms with Gasteiger partial charge in [-0.3, -0.25) is 4.79 Å². The van der Waals surface area contributed by atoms with Crippen LogP contribution in [0.3, 0.4) is 0 Å². The van der Waals surface area contributed by atoms with Gasteiger partial charge in [0.05, 0.1) is 6.10 Å². The molecule has 3 nitrogen and oxygen atoms in total. The Morgan fingerprint density at radius 3 is 2.47 bits per heavy atom. The van der Waals surface area contributed by atoms with Crippen molar-refractivity contribution in [3.63, 3.8) is 0 Å². The highest BCUT2D eigenvalue weighted by atomic mass is 16.5. The Morgan fingerprint density at radius 1 is 1.24 bits per heavy atom. The number of ether oxygens (including phenoxy) is 1. The van der Waals surface area contributed by atoms with Crippen LogP contribution in [0.15, 0.2) is 24.3 Å². The van der Waals surface area contributed by atoms with Crippen molar-refractivity contribution in [1.29, 1.82) is 0 Å². The quantitative estimate of drug-likeness (QED) is 0.851. The topological polar surface area (TPSA) is 38.3 Å². The summed E-state index contributed by atoms with van der Waals surface area (Å²) in [7, 11) is 0. The third kappa shape index (κ3) is 4.57. The average Bonchev–Trinajstić information content (AvgIpc) is 2.27. The molecule has 0 saturated heterocycles. The molecule has 1 rings (SSSR count). The third-order valence-electron chi connectivity index (χ3n) is 2.40. The predicted octanol–water partition coefficient (Wildman–Crippen LogP) is 3.17. The van der Waals surface area contributed by atoms with E-state index in [9.17, 15) is 4.79 Å². The maximum absolute atomic E-state index is 11.7. The van der Waals surface area contributed by atoms with Crippen molar-refractivity contribution < 1.29 is 9.53 Å². The fourth-order valence-corrected chi connectivity index (χ4v) is 1.54. The zero-order valence-electron chi connectivity index (χ0n) is 11.0. The Bertz CT molecular complexity index is 372. The van der Waals surface area contributed by atoms with E-state index in [4.69, 9.17) is 4.74 Å². The molecule has 0 heterocycles. The van der Waals surface area contributed by atoms with E-state index in [2.05, 4.69) is 19.2 Å². The van der Waals surface area contributed by atoms with Gasteiger partial charge in [0.15, 0.2) is 0 Å². The SMILES string of the molecule is CC(C)OCC(=O)Nc1ccccc1C(C)C. The summed E-state index contributed by atoms with van der Waals surface area (Å²) >= 11 is 0. The third-order valence-corrected chi connectivity index (χ3v) is 2.40. The molecule has 1 aromatic carbocycles.